The van der Waals surface area contributed by atoms with E-state index in [-0.39, 0.29) is 34.2 Å². The van der Waals surface area contributed by atoms with Crippen molar-refractivity contribution in [2.75, 3.05) is 11.1 Å². The van der Waals surface area contributed by atoms with Gasteiger partial charge in [0.1, 0.15) is 5.82 Å². The average Bonchev–Trinajstić information content (AvgIpc) is 2.75. The summed E-state index contributed by atoms with van der Waals surface area (Å²) in [5.74, 6) is 0.487. The molecule has 1 aromatic heterocycles. The van der Waals surface area contributed by atoms with Gasteiger partial charge in [-0.2, -0.15) is 0 Å². The van der Waals surface area contributed by atoms with E-state index in [1.54, 1.807) is 16.8 Å². The first-order chi connectivity index (χ1) is 11.4. The first-order valence-electron chi connectivity index (χ1n) is 7.38. The Kier molecular flexibility index (Phi) is 4.18. The van der Waals surface area contributed by atoms with E-state index in [1.807, 2.05) is 13.8 Å². The molecule has 3 rings (SSSR count). The quantitative estimate of drug-likeness (QED) is 0.654. The van der Waals surface area contributed by atoms with Gasteiger partial charge in [-0.15, -0.1) is 11.8 Å². The summed E-state index contributed by atoms with van der Waals surface area (Å²) in [6.45, 7) is 3.81. The molecule has 2 heterocycles. The Morgan fingerprint density at radius 2 is 1.96 bits per heavy atom. The van der Waals surface area contributed by atoms with Crippen LogP contribution in [0.2, 0.25) is 0 Å². The topological polar surface area (TPSA) is 110 Å². The number of nitro benzene ring substituents is 1. The number of fused-ring (bicyclic) bond motifs is 1. The molecule has 24 heavy (non-hydrogen) atoms. The molecule has 0 saturated heterocycles. The largest absolute Gasteiger partial charge is 0.310 e. The first kappa shape index (κ1) is 16.3. The van der Waals surface area contributed by atoms with Crippen molar-refractivity contribution in [2.45, 2.75) is 25.1 Å². The predicted octanol–water partition coefficient (Wildman–Crippen LogP) is 2.44. The number of nitrogens with one attached hydrogen (secondary N) is 2. The molecule has 0 bridgehead atoms. The Labute approximate surface area is 141 Å². The van der Waals surface area contributed by atoms with Crippen LogP contribution in [0.15, 0.2) is 29.1 Å². The van der Waals surface area contributed by atoms with Crippen molar-refractivity contribution in [3.8, 4) is 0 Å². The molecule has 0 fully saturated rings. The number of carbonyl (C=O) groups excluding carboxylic acids is 1. The van der Waals surface area contributed by atoms with Crippen molar-refractivity contribution in [3.63, 3.8) is 0 Å². The maximum absolute atomic E-state index is 12.5. The van der Waals surface area contributed by atoms with Gasteiger partial charge in [-0.05, 0) is 19.4 Å². The number of carbonyl (C=O) groups is 1. The average molecular weight is 348 g/mol. The lowest BCUT2D eigenvalue weighted by Crippen LogP contribution is -2.17. The fourth-order valence-electron chi connectivity index (χ4n) is 2.67. The molecule has 8 nitrogen and oxygen atoms in total. The van der Waals surface area contributed by atoms with Crippen LogP contribution in [0.4, 0.5) is 11.5 Å². The lowest BCUT2D eigenvalue weighted by molar-refractivity contribution is -0.384. The van der Waals surface area contributed by atoms with E-state index in [1.165, 1.54) is 23.9 Å². The second-order valence-corrected chi connectivity index (χ2v) is 6.85. The summed E-state index contributed by atoms with van der Waals surface area (Å²) in [5.41, 5.74) is 0.931. The number of aromatic amines is 1. The van der Waals surface area contributed by atoms with Gasteiger partial charge >= 0.3 is 0 Å². The molecule has 1 amide bonds. The summed E-state index contributed by atoms with van der Waals surface area (Å²) in [4.78, 5) is 34.8. The van der Waals surface area contributed by atoms with Crippen LogP contribution >= 0.6 is 11.8 Å². The summed E-state index contributed by atoms with van der Waals surface area (Å²) in [6.07, 6.45) is 0. The molecule has 0 aliphatic carbocycles. The van der Waals surface area contributed by atoms with Crippen LogP contribution in [-0.2, 0) is 4.79 Å². The van der Waals surface area contributed by atoms with Crippen LogP contribution < -0.4 is 10.9 Å². The zero-order valence-corrected chi connectivity index (χ0v) is 13.9. The Morgan fingerprint density at radius 1 is 1.29 bits per heavy atom. The summed E-state index contributed by atoms with van der Waals surface area (Å²) in [7, 11) is 0. The number of rotatable bonds is 3. The lowest BCUT2D eigenvalue weighted by Gasteiger charge is -2.14. The number of benzene rings is 1. The molecular weight excluding hydrogens is 332 g/mol. The van der Waals surface area contributed by atoms with Gasteiger partial charge in [0, 0.05) is 18.2 Å². The molecule has 0 unspecified atom stereocenters. The highest BCUT2D eigenvalue weighted by molar-refractivity contribution is 8.00. The fraction of sp³-hybridized carbons (Fsp3) is 0.333. The Hall–Kier alpha value is -2.55. The Balaban J connectivity index is 2.12. The summed E-state index contributed by atoms with van der Waals surface area (Å²) in [5, 5.41) is 16.0. The Morgan fingerprint density at radius 3 is 2.54 bits per heavy atom. The standard InChI is InChI=1S/C15H16N4O4S/c1-8(2)18-14-12(15(21)17-18)13(24-7-11(20)16-14)9-3-5-10(6-4-9)19(22)23/h3-6,8,13H,7H2,1-2H3,(H,16,20)(H,17,21)/t13-/m1/s1. The van der Waals surface area contributed by atoms with Crippen molar-refractivity contribution in [1.29, 1.82) is 0 Å². The van der Waals surface area contributed by atoms with Gasteiger partial charge in [-0.1, -0.05) is 12.1 Å². The molecule has 126 valence electrons. The smallest absolute Gasteiger partial charge is 0.270 e. The highest BCUT2D eigenvalue weighted by Crippen LogP contribution is 2.40. The van der Waals surface area contributed by atoms with E-state index >= 15 is 0 Å². The highest BCUT2D eigenvalue weighted by atomic mass is 32.2. The van der Waals surface area contributed by atoms with Crippen molar-refractivity contribution in [3.05, 3.63) is 55.9 Å². The third kappa shape index (κ3) is 2.82. The van der Waals surface area contributed by atoms with E-state index in [4.69, 9.17) is 0 Å². The Bertz CT molecular complexity index is 853. The monoisotopic (exact) mass is 348 g/mol. The number of amides is 1. The first-order valence-corrected chi connectivity index (χ1v) is 8.43. The van der Waals surface area contributed by atoms with Gasteiger partial charge in [-0.3, -0.25) is 29.5 Å². The molecule has 0 saturated carbocycles. The van der Waals surface area contributed by atoms with E-state index in [9.17, 15) is 19.7 Å². The molecule has 2 N–H and O–H groups in total. The number of non-ortho nitro benzene ring substituents is 1. The van der Waals surface area contributed by atoms with E-state index in [0.29, 0.717) is 11.4 Å². The van der Waals surface area contributed by atoms with Crippen LogP contribution in [0.3, 0.4) is 0 Å². The van der Waals surface area contributed by atoms with Crippen molar-refractivity contribution in [1.82, 2.24) is 9.78 Å². The molecule has 1 aliphatic heterocycles. The molecule has 1 atom stereocenters. The van der Waals surface area contributed by atoms with E-state index < -0.39 is 4.92 Å². The number of nitro groups is 1. The van der Waals surface area contributed by atoms with Gasteiger partial charge < -0.3 is 5.32 Å². The summed E-state index contributed by atoms with van der Waals surface area (Å²) >= 11 is 1.33. The van der Waals surface area contributed by atoms with Crippen LogP contribution in [0.5, 0.6) is 0 Å². The second-order valence-electron chi connectivity index (χ2n) is 5.75. The zero-order chi connectivity index (χ0) is 17.4. The van der Waals surface area contributed by atoms with Gasteiger partial charge in [-0.25, -0.2) is 0 Å². The maximum atomic E-state index is 12.5. The maximum Gasteiger partial charge on any atom is 0.270 e. The van der Waals surface area contributed by atoms with Crippen LogP contribution in [0.25, 0.3) is 0 Å². The minimum Gasteiger partial charge on any atom is -0.310 e. The van der Waals surface area contributed by atoms with E-state index in [2.05, 4.69) is 10.4 Å². The van der Waals surface area contributed by atoms with Crippen LogP contribution in [0, 0.1) is 10.1 Å². The van der Waals surface area contributed by atoms with Gasteiger partial charge in [0.15, 0.2) is 0 Å². The van der Waals surface area contributed by atoms with Gasteiger partial charge in [0.05, 0.1) is 21.5 Å². The molecule has 0 spiro atoms. The molecular formula is C15H16N4O4S. The van der Waals surface area contributed by atoms with Crippen LogP contribution in [-0.4, -0.2) is 26.4 Å². The van der Waals surface area contributed by atoms with Gasteiger partial charge in [0.25, 0.3) is 11.2 Å². The number of thioether (sulfide) groups is 1. The number of H-pyrrole nitrogens is 1. The molecule has 1 aliphatic rings. The minimum absolute atomic E-state index is 0.0135. The van der Waals surface area contributed by atoms with Crippen molar-refractivity contribution >= 4 is 29.2 Å². The molecule has 1 aromatic carbocycles. The lowest BCUT2D eigenvalue weighted by atomic mass is 10.1. The predicted molar refractivity (Wildman–Crippen MR) is 91.5 cm³/mol. The summed E-state index contributed by atoms with van der Waals surface area (Å²) < 4.78 is 1.64. The molecule has 0 radical (unpaired) electrons. The zero-order valence-electron chi connectivity index (χ0n) is 13.1. The molecule has 2 aromatic rings. The SMILES string of the molecule is CC(C)n1[nH]c(=O)c2c1NC(=O)CS[C@@H]2c1ccc([N+](=O)[O-])cc1. The normalized spacial score (nSPS) is 17.3. The van der Waals surface area contributed by atoms with Crippen molar-refractivity contribution in [2.24, 2.45) is 0 Å². The third-order valence-electron chi connectivity index (χ3n) is 3.79. The second kappa shape index (κ2) is 6.16. The van der Waals surface area contributed by atoms with E-state index in [0.717, 1.165) is 5.56 Å². The minimum atomic E-state index is -0.470. The third-order valence-corrected chi connectivity index (χ3v) is 5.06. The number of anilines is 1. The van der Waals surface area contributed by atoms with Crippen molar-refractivity contribution < 1.29 is 9.72 Å². The number of nitrogens with zero attached hydrogens (tertiary/aromatic N) is 2. The fourth-order valence-corrected chi connectivity index (χ4v) is 3.79. The molecule has 9 heteroatoms. The highest BCUT2D eigenvalue weighted by Gasteiger charge is 2.31. The van der Waals surface area contributed by atoms with Gasteiger partial charge in [0.2, 0.25) is 5.91 Å². The number of hydrogen-bond acceptors (Lipinski definition) is 5. The number of aromatic nitrogens is 2. The number of hydrogen-bond donors (Lipinski definition) is 2. The van der Waals surface area contributed by atoms with Crippen LogP contribution in [0.1, 0.15) is 36.3 Å². The summed E-state index contributed by atoms with van der Waals surface area (Å²) in [6, 6.07) is 6.04.